The molecule has 3 rings (SSSR count). The maximum atomic E-state index is 12.9. The standard InChI is InChI=1S/C20H26ClN3O3/c1-3-14-7-9-20(10-8-14)18(26)24(19(27)22-20)13-17(25)23(2)12-15-5-4-6-16(21)11-15/h4-6,11,14H,3,7-10,12-13H2,1-2H3,(H,22,27). The van der Waals surface area contributed by atoms with Crippen molar-refractivity contribution in [2.75, 3.05) is 13.6 Å². The van der Waals surface area contributed by atoms with Crippen molar-refractivity contribution in [3.8, 4) is 0 Å². The summed E-state index contributed by atoms with van der Waals surface area (Å²) in [6.07, 6.45) is 4.25. The van der Waals surface area contributed by atoms with Gasteiger partial charge in [-0.3, -0.25) is 14.5 Å². The molecule has 1 aromatic carbocycles. The molecule has 146 valence electrons. The van der Waals surface area contributed by atoms with Crippen molar-refractivity contribution in [3.05, 3.63) is 34.9 Å². The number of hydrogen-bond acceptors (Lipinski definition) is 3. The van der Waals surface area contributed by atoms with Crippen molar-refractivity contribution < 1.29 is 14.4 Å². The molecule has 1 aliphatic heterocycles. The second-order valence-corrected chi connectivity index (χ2v) is 8.07. The summed E-state index contributed by atoms with van der Waals surface area (Å²) < 4.78 is 0. The van der Waals surface area contributed by atoms with Gasteiger partial charge in [0.1, 0.15) is 12.1 Å². The van der Waals surface area contributed by atoms with Crippen LogP contribution in [0.4, 0.5) is 4.79 Å². The summed E-state index contributed by atoms with van der Waals surface area (Å²) in [6, 6.07) is 6.81. The van der Waals surface area contributed by atoms with E-state index in [0.717, 1.165) is 29.7 Å². The first-order valence-electron chi connectivity index (χ1n) is 9.47. The lowest BCUT2D eigenvalue weighted by Gasteiger charge is -2.34. The van der Waals surface area contributed by atoms with E-state index in [1.807, 2.05) is 12.1 Å². The van der Waals surface area contributed by atoms with Crippen molar-refractivity contribution >= 4 is 29.4 Å². The van der Waals surface area contributed by atoms with E-state index in [-0.39, 0.29) is 18.4 Å². The number of benzene rings is 1. The highest BCUT2D eigenvalue weighted by Gasteiger charge is 2.52. The molecule has 1 heterocycles. The maximum Gasteiger partial charge on any atom is 0.325 e. The van der Waals surface area contributed by atoms with Gasteiger partial charge in [0.2, 0.25) is 5.91 Å². The van der Waals surface area contributed by atoms with Crippen LogP contribution in [0.25, 0.3) is 0 Å². The number of nitrogens with zero attached hydrogens (tertiary/aromatic N) is 2. The molecule has 7 heteroatoms. The zero-order valence-electron chi connectivity index (χ0n) is 15.8. The predicted molar refractivity (Wildman–Crippen MR) is 103 cm³/mol. The predicted octanol–water partition coefficient (Wildman–Crippen LogP) is 3.19. The Morgan fingerprint density at radius 3 is 2.67 bits per heavy atom. The second kappa shape index (κ2) is 7.89. The van der Waals surface area contributed by atoms with Gasteiger partial charge in [-0.1, -0.05) is 37.1 Å². The first-order valence-corrected chi connectivity index (χ1v) is 9.85. The number of rotatable bonds is 5. The number of carbonyl (C=O) groups is 3. The summed E-state index contributed by atoms with van der Waals surface area (Å²) in [5.41, 5.74) is 0.0825. The first-order chi connectivity index (χ1) is 12.8. The largest absolute Gasteiger partial charge is 0.340 e. The van der Waals surface area contributed by atoms with Gasteiger partial charge in [0, 0.05) is 18.6 Å². The monoisotopic (exact) mass is 391 g/mol. The molecule has 0 aromatic heterocycles. The van der Waals surface area contributed by atoms with Crippen molar-refractivity contribution in [2.24, 2.45) is 5.92 Å². The number of nitrogens with one attached hydrogen (secondary N) is 1. The lowest BCUT2D eigenvalue weighted by molar-refractivity contribution is -0.139. The van der Waals surface area contributed by atoms with Gasteiger partial charge in [0.05, 0.1) is 0 Å². The van der Waals surface area contributed by atoms with E-state index in [9.17, 15) is 14.4 Å². The van der Waals surface area contributed by atoms with E-state index >= 15 is 0 Å². The number of imide groups is 1. The molecule has 6 nitrogen and oxygen atoms in total. The topological polar surface area (TPSA) is 69.7 Å². The zero-order valence-corrected chi connectivity index (χ0v) is 16.6. The summed E-state index contributed by atoms with van der Waals surface area (Å²) in [4.78, 5) is 40.4. The van der Waals surface area contributed by atoms with Crippen molar-refractivity contribution in [2.45, 2.75) is 51.1 Å². The molecule has 4 amide bonds. The number of likely N-dealkylation sites (N-methyl/N-ethyl adjacent to an activating group) is 1. The molecule has 2 fully saturated rings. The Kier molecular flexibility index (Phi) is 5.75. The molecule has 1 aromatic rings. The van der Waals surface area contributed by atoms with Crippen molar-refractivity contribution in [1.82, 2.24) is 15.1 Å². The third kappa shape index (κ3) is 4.10. The van der Waals surface area contributed by atoms with Gasteiger partial charge in [-0.05, 0) is 49.3 Å². The van der Waals surface area contributed by atoms with E-state index in [1.54, 1.807) is 19.2 Å². The molecule has 1 saturated heterocycles. The second-order valence-electron chi connectivity index (χ2n) is 7.63. The fourth-order valence-electron chi connectivity index (χ4n) is 3.99. The number of amides is 4. The van der Waals surface area contributed by atoms with Gasteiger partial charge in [-0.2, -0.15) is 0 Å². The van der Waals surface area contributed by atoms with Crippen LogP contribution in [0.2, 0.25) is 5.02 Å². The van der Waals surface area contributed by atoms with Crippen LogP contribution in [0, 0.1) is 5.92 Å². The minimum atomic E-state index is -0.811. The summed E-state index contributed by atoms with van der Waals surface area (Å²) in [5, 5.41) is 3.47. The fourth-order valence-corrected chi connectivity index (χ4v) is 4.20. The molecule has 1 saturated carbocycles. The Balaban J connectivity index is 1.62. The van der Waals surface area contributed by atoms with Crippen molar-refractivity contribution in [3.63, 3.8) is 0 Å². The Morgan fingerprint density at radius 1 is 1.33 bits per heavy atom. The highest BCUT2D eigenvalue weighted by molar-refractivity contribution is 6.30. The number of halogens is 1. The van der Waals surface area contributed by atoms with Crippen LogP contribution < -0.4 is 5.32 Å². The molecule has 0 bridgehead atoms. The van der Waals surface area contributed by atoms with Crippen LogP contribution in [0.15, 0.2) is 24.3 Å². The molecule has 0 atom stereocenters. The average molecular weight is 392 g/mol. The molecular weight excluding hydrogens is 366 g/mol. The van der Waals surface area contributed by atoms with Crippen LogP contribution in [0.3, 0.4) is 0 Å². The van der Waals surface area contributed by atoms with Crippen molar-refractivity contribution in [1.29, 1.82) is 0 Å². The third-order valence-electron chi connectivity index (χ3n) is 5.81. The Morgan fingerprint density at radius 2 is 2.04 bits per heavy atom. The first kappa shape index (κ1) is 19.7. The summed E-state index contributed by atoms with van der Waals surface area (Å²) in [5.74, 6) is 0.0733. The molecule has 1 N–H and O–H groups in total. The molecule has 0 unspecified atom stereocenters. The van der Waals surface area contributed by atoms with Gasteiger partial charge in [0.25, 0.3) is 5.91 Å². The quantitative estimate of drug-likeness (QED) is 0.783. The van der Waals surface area contributed by atoms with E-state index < -0.39 is 11.6 Å². The van der Waals surface area contributed by atoms with E-state index in [0.29, 0.717) is 30.3 Å². The minimum absolute atomic E-state index is 0.235. The van der Waals surface area contributed by atoms with E-state index in [1.165, 1.54) is 4.90 Å². The molecular formula is C20H26ClN3O3. The van der Waals surface area contributed by atoms with E-state index in [2.05, 4.69) is 12.2 Å². The SMILES string of the molecule is CCC1CCC2(CC1)NC(=O)N(CC(=O)N(C)Cc1cccc(Cl)c1)C2=O. The lowest BCUT2D eigenvalue weighted by atomic mass is 9.75. The smallest absolute Gasteiger partial charge is 0.325 e. The van der Waals surface area contributed by atoms with Crippen LogP contribution in [0.1, 0.15) is 44.6 Å². The van der Waals surface area contributed by atoms with Gasteiger partial charge >= 0.3 is 6.03 Å². The summed E-state index contributed by atoms with van der Waals surface area (Å²) in [7, 11) is 1.66. The number of carbonyl (C=O) groups excluding carboxylic acids is 3. The summed E-state index contributed by atoms with van der Waals surface area (Å²) >= 11 is 5.98. The molecule has 27 heavy (non-hydrogen) atoms. The molecule has 1 aliphatic carbocycles. The van der Waals surface area contributed by atoms with Gasteiger partial charge < -0.3 is 10.2 Å². The minimum Gasteiger partial charge on any atom is -0.340 e. The highest BCUT2D eigenvalue weighted by atomic mass is 35.5. The molecule has 0 radical (unpaired) electrons. The normalized spacial score (nSPS) is 25.0. The number of urea groups is 1. The van der Waals surface area contributed by atoms with E-state index in [4.69, 9.17) is 11.6 Å². The maximum absolute atomic E-state index is 12.9. The fraction of sp³-hybridized carbons (Fsp3) is 0.550. The van der Waals surface area contributed by atoms with Gasteiger partial charge in [-0.15, -0.1) is 0 Å². The Bertz CT molecular complexity index is 744. The Labute approximate surface area is 164 Å². The molecule has 2 aliphatic rings. The number of hydrogen-bond donors (Lipinski definition) is 1. The van der Waals surface area contributed by atoms with Gasteiger partial charge in [-0.25, -0.2) is 4.79 Å². The third-order valence-corrected chi connectivity index (χ3v) is 6.04. The Hall–Kier alpha value is -2.08. The van der Waals surface area contributed by atoms with Crippen LogP contribution in [0.5, 0.6) is 0 Å². The van der Waals surface area contributed by atoms with Crippen LogP contribution >= 0.6 is 11.6 Å². The lowest BCUT2D eigenvalue weighted by Crippen LogP contribution is -2.50. The van der Waals surface area contributed by atoms with Crippen LogP contribution in [-0.2, 0) is 16.1 Å². The zero-order chi connectivity index (χ0) is 19.6. The molecule has 1 spiro atoms. The summed E-state index contributed by atoms with van der Waals surface area (Å²) in [6.45, 7) is 2.28. The average Bonchev–Trinajstić information content (AvgIpc) is 2.86. The van der Waals surface area contributed by atoms with Crippen LogP contribution in [-0.4, -0.2) is 46.8 Å². The highest BCUT2D eigenvalue weighted by Crippen LogP contribution is 2.37. The van der Waals surface area contributed by atoms with Gasteiger partial charge in [0.15, 0.2) is 0 Å².